The van der Waals surface area contributed by atoms with E-state index in [1.807, 2.05) is 60.7 Å². The van der Waals surface area contributed by atoms with E-state index < -0.39 is 12.1 Å². The molecule has 0 bridgehead atoms. The lowest BCUT2D eigenvalue weighted by molar-refractivity contribution is -0.130. The number of hydrogen-bond acceptors (Lipinski definition) is 3. The van der Waals surface area contributed by atoms with E-state index in [4.69, 9.17) is 4.74 Å². The highest BCUT2D eigenvalue weighted by molar-refractivity contribution is 5.90. The molecule has 0 aromatic heterocycles. The highest BCUT2D eigenvalue weighted by Gasteiger charge is 2.28. The standard InChI is InChI=1S/C22H21NO3/c24-18-13-12-15-7-4-5-10-17(15)20(18)21(16-8-2-1-3-9-16)23-22(25)19-11-6-14-26-19/h1-5,7-10,12-13,19,21,24H,6,11,14H2,(H,23,25)/t19-,21+/m0/s1. The zero-order chi connectivity index (χ0) is 17.9. The van der Waals surface area contributed by atoms with Gasteiger partial charge in [-0.25, -0.2) is 0 Å². The third-order valence-electron chi connectivity index (χ3n) is 4.88. The molecule has 26 heavy (non-hydrogen) atoms. The number of nitrogens with one attached hydrogen (secondary N) is 1. The molecule has 132 valence electrons. The van der Waals surface area contributed by atoms with Gasteiger partial charge in [-0.15, -0.1) is 0 Å². The molecule has 1 aliphatic heterocycles. The van der Waals surface area contributed by atoms with E-state index in [9.17, 15) is 9.90 Å². The van der Waals surface area contributed by atoms with Crippen LogP contribution >= 0.6 is 0 Å². The topological polar surface area (TPSA) is 58.6 Å². The van der Waals surface area contributed by atoms with E-state index in [0.717, 1.165) is 29.2 Å². The van der Waals surface area contributed by atoms with Gasteiger partial charge in [-0.05, 0) is 35.2 Å². The van der Waals surface area contributed by atoms with Crippen LogP contribution in [0.2, 0.25) is 0 Å². The van der Waals surface area contributed by atoms with Crippen LogP contribution in [0.1, 0.15) is 30.0 Å². The number of hydrogen-bond donors (Lipinski definition) is 2. The van der Waals surface area contributed by atoms with Crippen molar-refractivity contribution in [2.75, 3.05) is 6.61 Å². The zero-order valence-corrected chi connectivity index (χ0v) is 14.4. The maximum atomic E-state index is 12.7. The van der Waals surface area contributed by atoms with E-state index in [0.29, 0.717) is 12.2 Å². The van der Waals surface area contributed by atoms with Crippen LogP contribution in [0.25, 0.3) is 10.8 Å². The SMILES string of the molecule is O=C(N[C@H](c1ccccc1)c1c(O)ccc2ccccc12)[C@@H]1CCCO1. The summed E-state index contributed by atoms with van der Waals surface area (Å²) in [5.74, 6) is 0.0360. The monoisotopic (exact) mass is 347 g/mol. The highest BCUT2D eigenvalue weighted by Crippen LogP contribution is 2.36. The van der Waals surface area contributed by atoms with Crippen LogP contribution in [-0.2, 0) is 9.53 Å². The minimum Gasteiger partial charge on any atom is -0.508 e. The van der Waals surface area contributed by atoms with Gasteiger partial charge in [0.05, 0.1) is 6.04 Å². The Labute approximate surface area is 152 Å². The summed E-state index contributed by atoms with van der Waals surface area (Å²) in [7, 11) is 0. The van der Waals surface area contributed by atoms with Gasteiger partial charge in [0, 0.05) is 12.2 Å². The predicted octanol–water partition coefficient (Wildman–Crippen LogP) is 3.93. The Kier molecular flexibility index (Phi) is 4.59. The summed E-state index contributed by atoms with van der Waals surface area (Å²) in [6, 6.07) is 20.7. The first kappa shape index (κ1) is 16.6. The second kappa shape index (κ2) is 7.18. The average Bonchev–Trinajstić information content (AvgIpc) is 3.22. The molecule has 0 unspecified atom stereocenters. The Morgan fingerprint density at radius 3 is 2.58 bits per heavy atom. The minimum atomic E-state index is -0.445. The molecule has 0 spiro atoms. The molecule has 2 N–H and O–H groups in total. The molecule has 3 aromatic rings. The fourth-order valence-electron chi connectivity index (χ4n) is 3.57. The summed E-state index contributed by atoms with van der Waals surface area (Å²) in [5.41, 5.74) is 1.63. The molecule has 0 radical (unpaired) electrons. The van der Waals surface area contributed by atoms with E-state index >= 15 is 0 Å². The van der Waals surface area contributed by atoms with Crippen molar-refractivity contribution in [2.45, 2.75) is 25.0 Å². The molecule has 2 atom stereocenters. The minimum absolute atomic E-state index is 0.135. The molecule has 1 saturated heterocycles. The number of benzene rings is 3. The summed E-state index contributed by atoms with van der Waals surface area (Å²) < 4.78 is 5.53. The number of fused-ring (bicyclic) bond motifs is 1. The number of carbonyl (C=O) groups excluding carboxylic acids is 1. The number of carbonyl (C=O) groups is 1. The molecule has 1 fully saturated rings. The Hall–Kier alpha value is -2.85. The third kappa shape index (κ3) is 3.16. The lowest BCUT2D eigenvalue weighted by atomic mass is 9.92. The van der Waals surface area contributed by atoms with E-state index in [1.54, 1.807) is 6.07 Å². The van der Waals surface area contributed by atoms with Crippen molar-refractivity contribution < 1.29 is 14.6 Å². The van der Waals surface area contributed by atoms with E-state index in [-0.39, 0.29) is 11.7 Å². The smallest absolute Gasteiger partial charge is 0.249 e. The number of aromatic hydroxyl groups is 1. The highest BCUT2D eigenvalue weighted by atomic mass is 16.5. The van der Waals surface area contributed by atoms with Crippen molar-refractivity contribution in [1.82, 2.24) is 5.32 Å². The molecule has 0 saturated carbocycles. The third-order valence-corrected chi connectivity index (χ3v) is 4.88. The molecule has 0 aliphatic carbocycles. The van der Waals surface area contributed by atoms with Crippen LogP contribution in [0.15, 0.2) is 66.7 Å². The van der Waals surface area contributed by atoms with Crippen molar-refractivity contribution in [2.24, 2.45) is 0 Å². The number of ether oxygens (including phenoxy) is 1. The molecule has 3 aromatic carbocycles. The Balaban J connectivity index is 1.81. The van der Waals surface area contributed by atoms with Crippen molar-refractivity contribution >= 4 is 16.7 Å². The molecular formula is C22H21NO3. The zero-order valence-electron chi connectivity index (χ0n) is 14.4. The molecule has 4 heteroatoms. The number of rotatable bonds is 4. The average molecular weight is 347 g/mol. The van der Waals surface area contributed by atoms with Gasteiger partial charge in [-0.3, -0.25) is 4.79 Å². The van der Waals surface area contributed by atoms with Gasteiger partial charge in [0.15, 0.2) is 0 Å². The molecule has 4 rings (SSSR count). The van der Waals surface area contributed by atoms with Gasteiger partial charge < -0.3 is 15.2 Å². The fraction of sp³-hybridized carbons (Fsp3) is 0.227. The van der Waals surface area contributed by atoms with Crippen LogP contribution < -0.4 is 5.32 Å². The first-order chi connectivity index (χ1) is 12.7. The van der Waals surface area contributed by atoms with Crippen LogP contribution in [0, 0.1) is 0 Å². The number of amides is 1. The quantitative estimate of drug-likeness (QED) is 0.752. The van der Waals surface area contributed by atoms with Crippen molar-refractivity contribution in [1.29, 1.82) is 0 Å². The van der Waals surface area contributed by atoms with Crippen molar-refractivity contribution in [3.63, 3.8) is 0 Å². The molecule has 1 heterocycles. The summed E-state index contributed by atoms with van der Waals surface area (Å²) in [5, 5.41) is 15.7. The largest absolute Gasteiger partial charge is 0.508 e. The maximum Gasteiger partial charge on any atom is 0.249 e. The van der Waals surface area contributed by atoms with E-state index in [2.05, 4.69) is 5.32 Å². The van der Waals surface area contributed by atoms with Crippen LogP contribution in [0.3, 0.4) is 0 Å². The van der Waals surface area contributed by atoms with Gasteiger partial charge in [0.1, 0.15) is 11.9 Å². The second-order valence-electron chi connectivity index (χ2n) is 6.57. The Bertz CT molecular complexity index is 917. The normalized spacial score (nSPS) is 17.9. The number of phenolic OH excluding ortho intramolecular Hbond substituents is 1. The summed E-state index contributed by atoms with van der Waals surface area (Å²) in [6.07, 6.45) is 1.21. The Morgan fingerprint density at radius 1 is 1.04 bits per heavy atom. The predicted molar refractivity (Wildman–Crippen MR) is 101 cm³/mol. The molecular weight excluding hydrogens is 326 g/mol. The summed E-state index contributed by atoms with van der Waals surface area (Å²) in [4.78, 5) is 12.7. The lowest BCUT2D eigenvalue weighted by Crippen LogP contribution is -2.37. The molecule has 1 aliphatic rings. The van der Waals surface area contributed by atoms with Gasteiger partial charge in [0.2, 0.25) is 5.91 Å². The first-order valence-corrected chi connectivity index (χ1v) is 8.91. The lowest BCUT2D eigenvalue weighted by Gasteiger charge is -2.24. The Morgan fingerprint density at radius 2 is 1.81 bits per heavy atom. The van der Waals surface area contributed by atoms with Crippen LogP contribution in [0.4, 0.5) is 0 Å². The van der Waals surface area contributed by atoms with Crippen LogP contribution in [0.5, 0.6) is 5.75 Å². The van der Waals surface area contributed by atoms with E-state index in [1.165, 1.54) is 0 Å². The molecule has 1 amide bonds. The van der Waals surface area contributed by atoms with Crippen molar-refractivity contribution in [3.8, 4) is 5.75 Å². The van der Waals surface area contributed by atoms with Gasteiger partial charge in [0.25, 0.3) is 0 Å². The first-order valence-electron chi connectivity index (χ1n) is 8.91. The van der Waals surface area contributed by atoms with Crippen LogP contribution in [-0.4, -0.2) is 23.7 Å². The second-order valence-corrected chi connectivity index (χ2v) is 6.57. The summed E-state index contributed by atoms with van der Waals surface area (Å²) in [6.45, 7) is 0.619. The van der Waals surface area contributed by atoms with Gasteiger partial charge in [-0.2, -0.15) is 0 Å². The fourth-order valence-corrected chi connectivity index (χ4v) is 3.57. The summed E-state index contributed by atoms with van der Waals surface area (Å²) >= 11 is 0. The van der Waals surface area contributed by atoms with Crippen molar-refractivity contribution in [3.05, 3.63) is 77.9 Å². The van der Waals surface area contributed by atoms with Gasteiger partial charge >= 0.3 is 0 Å². The maximum absolute atomic E-state index is 12.7. The van der Waals surface area contributed by atoms with Gasteiger partial charge in [-0.1, -0.05) is 60.7 Å². The molecule has 4 nitrogen and oxygen atoms in total. The number of phenols is 1.